The van der Waals surface area contributed by atoms with Crippen LogP contribution in [0.4, 0.5) is 17.6 Å². The highest BCUT2D eigenvalue weighted by molar-refractivity contribution is 7.87. The summed E-state index contributed by atoms with van der Waals surface area (Å²) in [5, 5.41) is 8.40. The van der Waals surface area contributed by atoms with Crippen molar-refractivity contribution in [2.24, 2.45) is 11.8 Å². The fourth-order valence-electron chi connectivity index (χ4n) is 6.12. The third-order valence-electron chi connectivity index (χ3n) is 7.79. The molecule has 2 aromatic carbocycles. The molecule has 1 aromatic heterocycles. The lowest BCUT2D eigenvalue weighted by Crippen LogP contribution is -2.52. The number of benzene rings is 2. The van der Waals surface area contributed by atoms with Crippen LogP contribution in [0, 0.1) is 17.7 Å². The van der Waals surface area contributed by atoms with E-state index in [9.17, 15) is 26.0 Å². The molecule has 7 nitrogen and oxygen atoms in total. The summed E-state index contributed by atoms with van der Waals surface area (Å²) in [6.45, 7) is -1.65. The van der Waals surface area contributed by atoms with Crippen LogP contribution in [-0.4, -0.2) is 52.5 Å². The first kappa shape index (κ1) is 23.6. The number of rotatable bonds is 3. The molecule has 190 valence electrons. The quantitative estimate of drug-likeness (QED) is 0.534. The molecular weight excluding hydrogens is 498 g/mol. The van der Waals surface area contributed by atoms with E-state index in [-0.39, 0.29) is 24.2 Å². The van der Waals surface area contributed by atoms with Gasteiger partial charge in [-0.15, -0.1) is 5.10 Å². The predicted octanol–water partition coefficient (Wildman–Crippen LogP) is 3.65. The Bertz CT molecular complexity index is 1420. The molecule has 1 saturated heterocycles. The number of nitrogens with zero attached hydrogens (tertiary/aromatic N) is 4. The lowest BCUT2D eigenvalue weighted by atomic mass is 9.79. The monoisotopic (exact) mass is 521 g/mol. The van der Waals surface area contributed by atoms with Gasteiger partial charge in [-0.25, -0.2) is 9.07 Å². The number of nitrogens with one attached hydrogen (secondary N) is 1. The van der Waals surface area contributed by atoms with Gasteiger partial charge in [0.15, 0.2) is 0 Å². The highest BCUT2D eigenvalue weighted by Crippen LogP contribution is 2.50. The van der Waals surface area contributed by atoms with E-state index >= 15 is 0 Å². The number of hydrogen-bond donors (Lipinski definition) is 1. The van der Waals surface area contributed by atoms with Crippen molar-refractivity contribution in [2.45, 2.75) is 37.4 Å². The standard InChI is InChI=1S/C24H23F4N5O2S/c25-20-5-7-21(8-6-20)33-12-22(29-31-33)16-2-1-15-10-18-3-4-19(11-17(15)9-16)23(18)13-32(14-24(26,27)28)36(34,35)30-23/h1-2,5-9,12,18-19,30H,3-4,10-11,13-14H2/t18-,19+,23-/m1/s1. The van der Waals surface area contributed by atoms with E-state index in [2.05, 4.69) is 15.0 Å². The maximum Gasteiger partial charge on any atom is 0.402 e. The Kier molecular flexibility index (Phi) is 5.29. The minimum atomic E-state index is -4.60. The normalized spacial score (nSPS) is 27.3. The SMILES string of the molecule is O=S1(=O)N[C@]2(CN1CC(F)(F)F)[C@@H]1CC[C@H]2Cc2cc(-c3cn(-c4ccc(F)cc4)nn3)ccc2C1. The fourth-order valence-corrected chi connectivity index (χ4v) is 7.83. The van der Waals surface area contributed by atoms with E-state index in [0.717, 1.165) is 29.5 Å². The van der Waals surface area contributed by atoms with Gasteiger partial charge in [-0.1, -0.05) is 17.3 Å². The molecule has 12 heteroatoms. The van der Waals surface area contributed by atoms with E-state index < -0.39 is 28.5 Å². The molecule has 0 radical (unpaired) electrons. The molecule has 36 heavy (non-hydrogen) atoms. The molecule has 1 saturated carbocycles. The summed E-state index contributed by atoms with van der Waals surface area (Å²) in [7, 11) is -4.22. The van der Waals surface area contributed by atoms with Crippen molar-refractivity contribution in [1.29, 1.82) is 0 Å². The van der Waals surface area contributed by atoms with Gasteiger partial charge >= 0.3 is 6.18 Å². The fraction of sp³-hybridized carbons (Fsp3) is 0.417. The zero-order valence-electron chi connectivity index (χ0n) is 19.0. The summed E-state index contributed by atoms with van der Waals surface area (Å²) in [6, 6.07) is 11.8. The van der Waals surface area contributed by atoms with Crippen molar-refractivity contribution >= 4 is 10.2 Å². The Morgan fingerprint density at radius 3 is 2.42 bits per heavy atom. The molecule has 1 spiro atoms. The Hall–Kier alpha value is -2.83. The smallest absolute Gasteiger partial charge is 0.220 e. The van der Waals surface area contributed by atoms with Gasteiger partial charge in [0.25, 0.3) is 10.2 Å². The summed E-state index contributed by atoms with van der Waals surface area (Å²) in [6.07, 6.45) is -0.185. The number of alkyl halides is 3. The lowest BCUT2D eigenvalue weighted by molar-refractivity contribution is -0.136. The molecular formula is C24H23F4N5O2S. The Morgan fingerprint density at radius 1 is 1.03 bits per heavy atom. The van der Waals surface area contributed by atoms with Gasteiger partial charge in [0.1, 0.15) is 18.1 Å². The van der Waals surface area contributed by atoms with Gasteiger partial charge in [-0.3, -0.25) is 0 Å². The zero-order valence-corrected chi connectivity index (χ0v) is 19.9. The maximum absolute atomic E-state index is 13.2. The van der Waals surface area contributed by atoms with E-state index in [1.807, 2.05) is 18.2 Å². The van der Waals surface area contributed by atoms with Gasteiger partial charge in [0.2, 0.25) is 0 Å². The molecule has 0 unspecified atom stereocenters. The number of hydrogen-bond acceptors (Lipinski definition) is 4. The van der Waals surface area contributed by atoms with Crippen LogP contribution in [0.5, 0.6) is 0 Å². The van der Waals surface area contributed by atoms with E-state index in [1.165, 1.54) is 12.1 Å². The molecule has 3 atom stereocenters. The molecule has 1 N–H and O–H groups in total. The number of halogens is 4. The van der Waals surface area contributed by atoms with Crippen molar-refractivity contribution in [1.82, 2.24) is 24.0 Å². The predicted molar refractivity (Wildman–Crippen MR) is 123 cm³/mol. The van der Waals surface area contributed by atoms with Gasteiger partial charge in [0.05, 0.1) is 17.4 Å². The molecule has 2 bridgehead atoms. The van der Waals surface area contributed by atoms with Crippen molar-refractivity contribution in [3.05, 3.63) is 65.6 Å². The third kappa shape index (κ3) is 4.00. The summed E-state index contributed by atoms with van der Waals surface area (Å²) in [5.41, 5.74) is 3.34. The molecule has 0 amide bonds. The van der Waals surface area contributed by atoms with E-state index in [4.69, 9.17) is 0 Å². The third-order valence-corrected chi connectivity index (χ3v) is 9.37. The molecule has 3 aliphatic rings. The lowest BCUT2D eigenvalue weighted by Gasteiger charge is -2.33. The first-order valence-electron chi connectivity index (χ1n) is 11.7. The molecule has 6 rings (SSSR count). The molecule has 2 fully saturated rings. The highest BCUT2D eigenvalue weighted by atomic mass is 32.2. The van der Waals surface area contributed by atoms with Crippen LogP contribution in [0.1, 0.15) is 24.0 Å². The number of aromatic nitrogens is 3. The zero-order chi connectivity index (χ0) is 25.3. The van der Waals surface area contributed by atoms with Gasteiger partial charge in [0, 0.05) is 12.1 Å². The van der Waals surface area contributed by atoms with Gasteiger partial charge < -0.3 is 0 Å². The van der Waals surface area contributed by atoms with Crippen molar-refractivity contribution in [3.63, 3.8) is 0 Å². The first-order chi connectivity index (χ1) is 17.0. The van der Waals surface area contributed by atoms with Crippen molar-refractivity contribution in [3.8, 4) is 16.9 Å². The Labute approximate surface area is 205 Å². The van der Waals surface area contributed by atoms with Crippen LogP contribution in [0.2, 0.25) is 0 Å². The van der Waals surface area contributed by atoms with Crippen LogP contribution in [0.3, 0.4) is 0 Å². The van der Waals surface area contributed by atoms with Crippen molar-refractivity contribution < 1.29 is 26.0 Å². The molecule has 1 aliphatic heterocycles. The summed E-state index contributed by atoms with van der Waals surface area (Å²) in [5.74, 6) is -0.535. The van der Waals surface area contributed by atoms with Crippen LogP contribution in [-0.2, 0) is 23.1 Å². The summed E-state index contributed by atoms with van der Waals surface area (Å²) < 4.78 is 82.6. The number of fused-ring (bicyclic) bond motifs is 1. The van der Waals surface area contributed by atoms with Crippen LogP contribution in [0.15, 0.2) is 48.7 Å². The van der Waals surface area contributed by atoms with Gasteiger partial charge in [-0.2, -0.15) is 30.6 Å². The van der Waals surface area contributed by atoms with E-state index in [0.29, 0.717) is 28.5 Å². The maximum atomic E-state index is 13.2. The second-order valence-corrected chi connectivity index (χ2v) is 11.6. The minimum Gasteiger partial charge on any atom is -0.220 e. The molecule has 2 aliphatic carbocycles. The average Bonchev–Trinajstić information content (AvgIpc) is 3.43. The van der Waals surface area contributed by atoms with Crippen LogP contribution in [0.25, 0.3) is 16.9 Å². The Morgan fingerprint density at radius 2 is 1.72 bits per heavy atom. The Balaban J connectivity index is 1.29. The second kappa shape index (κ2) is 8.09. The average molecular weight is 522 g/mol. The highest BCUT2D eigenvalue weighted by Gasteiger charge is 2.60. The second-order valence-electron chi connectivity index (χ2n) is 9.92. The van der Waals surface area contributed by atoms with Crippen LogP contribution < -0.4 is 4.72 Å². The van der Waals surface area contributed by atoms with Crippen molar-refractivity contribution in [2.75, 3.05) is 13.1 Å². The molecule has 2 heterocycles. The summed E-state index contributed by atoms with van der Waals surface area (Å²) >= 11 is 0. The first-order valence-corrected chi connectivity index (χ1v) is 13.1. The largest absolute Gasteiger partial charge is 0.402 e. The minimum absolute atomic E-state index is 0.0815. The van der Waals surface area contributed by atoms with Gasteiger partial charge in [-0.05, 0) is 79.0 Å². The summed E-state index contributed by atoms with van der Waals surface area (Å²) in [4.78, 5) is 0. The van der Waals surface area contributed by atoms with Crippen LogP contribution >= 0.6 is 0 Å². The molecule has 3 aromatic rings. The van der Waals surface area contributed by atoms with E-state index in [1.54, 1.807) is 23.0 Å². The topological polar surface area (TPSA) is 80.1 Å².